The first kappa shape index (κ1) is 16.5. The van der Waals surface area contributed by atoms with Crippen LogP contribution in [-0.2, 0) is 13.1 Å². The molecule has 0 atom stereocenters. The van der Waals surface area contributed by atoms with Gasteiger partial charge in [0.1, 0.15) is 29.3 Å². The van der Waals surface area contributed by atoms with Crippen molar-refractivity contribution in [2.45, 2.75) is 13.1 Å². The van der Waals surface area contributed by atoms with Crippen molar-refractivity contribution in [2.24, 2.45) is 0 Å². The van der Waals surface area contributed by atoms with Crippen LogP contribution < -0.4 is 15.4 Å². The molecule has 2 heterocycles. The maximum Gasteiger partial charge on any atom is 0.270 e. The monoisotopic (exact) mass is 338 g/mol. The van der Waals surface area contributed by atoms with Crippen molar-refractivity contribution in [3.63, 3.8) is 0 Å². The number of amides is 1. The van der Waals surface area contributed by atoms with E-state index in [0.29, 0.717) is 24.6 Å². The molecule has 0 radical (unpaired) electrons. The van der Waals surface area contributed by atoms with Gasteiger partial charge in [0.2, 0.25) is 0 Å². The molecule has 0 saturated heterocycles. The van der Waals surface area contributed by atoms with Crippen molar-refractivity contribution in [3.05, 3.63) is 72.1 Å². The molecule has 1 amide bonds. The summed E-state index contributed by atoms with van der Waals surface area (Å²) in [5.74, 6) is 1.85. The second-order valence-corrected chi connectivity index (χ2v) is 5.25. The van der Waals surface area contributed by atoms with Gasteiger partial charge in [-0.1, -0.05) is 12.1 Å². The van der Waals surface area contributed by atoms with E-state index in [0.717, 1.165) is 17.1 Å². The molecule has 0 spiro atoms. The van der Waals surface area contributed by atoms with Crippen LogP contribution >= 0.6 is 0 Å². The van der Waals surface area contributed by atoms with Crippen LogP contribution in [0.4, 0.5) is 5.82 Å². The third-order valence-corrected chi connectivity index (χ3v) is 3.54. The second-order valence-electron chi connectivity index (χ2n) is 5.25. The number of nitrogens with zero attached hydrogens (tertiary/aromatic N) is 2. The Labute approximate surface area is 145 Å². The van der Waals surface area contributed by atoms with Crippen LogP contribution in [0.3, 0.4) is 0 Å². The molecule has 3 rings (SSSR count). The Bertz CT molecular complexity index is 817. The normalized spacial score (nSPS) is 10.3. The lowest BCUT2D eigenvalue weighted by Crippen LogP contribution is -2.24. The number of carbonyl (C=O) groups is 1. The smallest absolute Gasteiger partial charge is 0.270 e. The summed E-state index contributed by atoms with van der Waals surface area (Å²) in [6.45, 7) is 0.888. The van der Waals surface area contributed by atoms with Crippen molar-refractivity contribution >= 4 is 11.7 Å². The molecule has 0 fully saturated rings. The Morgan fingerprint density at radius 3 is 2.72 bits per heavy atom. The molecule has 3 aromatic rings. The zero-order valence-electron chi connectivity index (χ0n) is 13.7. The maximum absolute atomic E-state index is 12.3. The van der Waals surface area contributed by atoms with E-state index in [1.165, 1.54) is 6.33 Å². The highest BCUT2D eigenvalue weighted by Gasteiger charge is 2.09. The van der Waals surface area contributed by atoms with Crippen molar-refractivity contribution < 1.29 is 13.9 Å². The Balaban J connectivity index is 1.56. The van der Waals surface area contributed by atoms with Gasteiger partial charge in [0.15, 0.2) is 0 Å². The Morgan fingerprint density at radius 2 is 2.00 bits per heavy atom. The summed E-state index contributed by atoms with van der Waals surface area (Å²) in [6, 6.07) is 12.8. The number of carbonyl (C=O) groups excluding carboxylic acids is 1. The number of ether oxygens (including phenoxy) is 1. The minimum absolute atomic E-state index is 0.265. The molecule has 2 aromatic heterocycles. The lowest BCUT2D eigenvalue weighted by Gasteiger charge is -2.07. The molecule has 1 aromatic carbocycles. The highest BCUT2D eigenvalue weighted by Crippen LogP contribution is 2.11. The number of rotatable bonds is 7. The highest BCUT2D eigenvalue weighted by atomic mass is 16.5. The van der Waals surface area contributed by atoms with Crippen molar-refractivity contribution in [3.8, 4) is 5.75 Å². The zero-order valence-corrected chi connectivity index (χ0v) is 13.7. The molecule has 0 aliphatic rings. The van der Waals surface area contributed by atoms with Crippen molar-refractivity contribution in [2.75, 3.05) is 12.4 Å². The number of methoxy groups -OCH3 is 1. The van der Waals surface area contributed by atoms with Gasteiger partial charge in [0.05, 0.1) is 19.9 Å². The predicted molar refractivity (Wildman–Crippen MR) is 92.2 cm³/mol. The van der Waals surface area contributed by atoms with E-state index < -0.39 is 0 Å². The van der Waals surface area contributed by atoms with E-state index in [-0.39, 0.29) is 5.91 Å². The van der Waals surface area contributed by atoms with Crippen LogP contribution in [-0.4, -0.2) is 23.0 Å². The fraction of sp³-hybridized carbons (Fsp3) is 0.167. The lowest BCUT2D eigenvalue weighted by atomic mass is 10.2. The average molecular weight is 338 g/mol. The predicted octanol–water partition coefficient (Wildman–Crippen LogP) is 2.62. The zero-order chi connectivity index (χ0) is 17.5. The summed E-state index contributed by atoms with van der Waals surface area (Å²) in [7, 11) is 1.61. The Kier molecular flexibility index (Phi) is 5.26. The number of hydrogen-bond acceptors (Lipinski definition) is 6. The molecule has 0 aliphatic carbocycles. The summed E-state index contributed by atoms with van der Waals surface area (Å²) in [5, 5.41) is 5.92. The third kappa shape index (κ3) is 4.57. The largest absolute Gasteiger partial charge is 0.497 e. The maximum atomic E-state index is 12.3. The summed E-state index contributed by atoms with van der Waals surface area (Å²) >= 11 is 0. The van der Waals surface area contributed by atoms with E-state index in [2.05, 4.69) is 20.6 Å². The molecule has 0 unspecified atom stereocenters. The van der Waals surface area contributed by atoms with Gasteiger partial charge in [-0.3, -0.25) is 4.79 Å². The molecule has 7 nitrogen and oxygen atoms in total. The Morgan fingerprint density at radius 1 is 1.16 bits per heavy atom. The number of benzene rings is 1. The number of hydrogen-bond donors (Lipinski definition) is 2. The molecule has 25 heavy (non-hydrogen) atoms. The van der Waals surface area contributed by atoms with E-state index in [4.69, 9.17) is 9.15 Å². The summed E-state index contributed by atoms with van der Waals surface area (Å²) in [4.78, 5) is 20.4. The average Bonchev–Trinajstić information content (AvgIpc) is 3.19. The van der Waals surface area contributed by atoms with Crippen molar-refractivity contribution in [1.82, 2.24) is 15.3 Å². The molecule has 0 bridgehead atoms. The number of furan rings is 1. The first-order valence-electron chi connectivity index (χ1n) is 7.74. The fourth-order valence-electron chi connectivity index (χ4n) is 2.19. The van der Waals surface area contributed by atoms with Gasteiger partial charge in [-0.25, -0.2) is 9.97 Å². The molecular formula is C18H18N4O3. The van der Waals surface area contributed by atoms with Gasteiger partial charge >= 0.3 is 0 Å². The van der Waals surface area contributed by atoms with Crippen LogP contribution in [0.2, 0.25) is 0 Å². The third-order valence-electron chi connectivity index (χ3n) is 3.54. The first-order chi connectivity index (χ1) is 12.2. The van der Waals surface area contributed by atoms with E-state index >= 15 is 0 Å². The second kappa shape index (κ2) is 7.96. The van der Waals surface area contributed by atoms with Crippen LogP contribution in [0.25, 0.3) is 0 Å². The number of nitrogens with one attached hydrogen (secondary N) is 2. The summed E-state index contributed by atoms with van der Waals surface area (Å²) in [6.07, 6.45) is 2.96. The molecule has 7 heteroatoms. The molecule has 0 saturated carbocycles. The highest BCUT2D eigenvalue weighted by molar-refractivity contribution is 5.92. The van der Waals surface area contributed by atoms with Gasteiger partial charge in [0, 0.05) is 12.6 Å². The van der Waals surface area contributed by atoms with Crippen LogP contribution in [0.1, 0.15) is 21.8 Å². The van der Waals surface area contributed by atoms with Gasteiger partial charge in [-0.2, -0.15) is 0 Å². The van der Waals surface area contributed by atoms with Gasteiger partial charge in [0.25, 0.3) is 5.91 Å². The van der Waals surface area contributed by atoms with E-state index in [1.54, 1.807) is 19.4 Å². The minimum Gasteiger partial charge on any atom is -0.497 e. The minimum atomic E-state index is -0.265. The standard InChI is InChI=1S/C18H18N4O3/c1-24-14-6-4-13(5-7-14)10-20-18(23)16-9-17(22-12-21-16)19-11-15-3-2-8-25-15/h2-9,12H,10-11H2,1H3,(H,20,23)(H,19,21,22). The lowest BCUT2D eigenvalue weighted by molar-refractivity contribution is 0.0946. The quantitative estimate of drug-likeness (QED) is 0.688. The topological polar surface area (TPSA) is 89.3 Å². The molecule has 128 valence electrons. The van der Waals surface area contributed by atoms with Gasteiger partial charge < -0.3 is 19.8 Å². The van der Waals surface area contributed by atoms with Gasteiger partial charge in [-0.05, 0) is 29.8 Å². The van der Waals surface area contributed by atoms with Crippen molar-refractivity contribution in [1.29, 1.82) is 0 Å². The SMILES string of the molecule is COc1ccc(CNC(=O)c2cc(NCc3ccco3)ncn2)cc1. The van der Waals surface area contributed by atoms with Crippen LogP contribution in [0, 0.1) is 0 Å². The number of aromatic nitrogens is 2. The fourth-order valence-corrected chi connectivity index (χ4v) is 2.19. The summed E-state index contributed by atoms with van der Waals surface area (Å²) in [5.41, 5.74) is 1.27. The van der Waals surface area contributed by atoms with Gasteiger partial charge in [-0.15, -0.1) is 0 Å². The van der Waals surface area contributed by atoms with Crippen LogP contribution in [0.15, 0.2) is 59.5 Å². The van der Waals surface area contributed by atoms with Crippen LogP contribution in [0.5, 0.6) is 5.75 Å². The molecular weight excluding hydrogens is 320 g/mol. The van der Waals surface area contributed by atoms with E-state index in [9.17, 15) is 4.79 Å². The van der Waals surface area contributed by atoms with E-state index in [1.807, 2.05) is 36.4 Å². The molecule has 2 N–H and O–H groups in total. The Hall–Kier alpha value is -3.35. The summed E-state index contributed by atoms with van der Waals surface area (Å²) < 4.78 is 10.4. The molecule has 0 aliphatic heterocycles. The first-order valence-corrected chi connectivity index (χ1v) is 7.74. The number of anilines is 1.